The molecular weight excluding hydrogens is 464 g/mol. The third-order valence-corrected chi connectivity index (χ3v) is 7.01. The molecular formula is C29H28N6O2. The van der Waals surface area contributed by atoms with Crippen LogP contribution in [0.3, 0.4) is 0 Å². The van der Waals surface area contributed by atoms with Crippen molar-refractivity contribution in [2.24, 2.45) is 0 Å². The van der Waals surface area contributed by atoms with Crippen molar-refractivity contribution in [2.75, 3.05) is 31.6 Å². The van der Waals surface area contributed by atoms with Crippen LogP contribution < -0.4 is 9.64 Å². The van der Waals surface area contributed by atoms with Crippen molar-refractivity contribution in [3.63, 3.8) is 0 Å². The monoisotopic (exact) mass is 492 g/mol. The van der Waals surface area contributed by atoms with E-state index in [9.17, 15) is 4.79 Å². The van der Waals surface area contributed by atoms with Gasteiger partial charge in [-0.15, -0.1) is 10.2 Å². The number of anilines is 1. The van der Waals surface area contributed by atoms with Crippen LogP contribution in [0.1, 0.15) is 28.7 Å². The number of methoxy groups -OCH3 is 1. The minimum atomic E-state index is -0.0245. The lowest BCUT2D eigenvalue weighted by molar-refractivity contribution is 0.0669. The van der Waals surface area contributed by atoms with Gasteiger partial charge in [0.25, 0.3) is 5.91 Å². The van der Waals surface area contributed by atoms with Crippen LogP contribution in [0.2, 0.25) is 0 Å². The minimum absolute atomic E-state index is 0.0183. The zero-order chi connectivity index (χ0) is 25.4. The van der Waals surface area contributed by atoms with E-state index in [0.717, 1.165) is 33.9 Å². The molecule has 6 rings (SSSR count). The fraction of sp³-hybridized carbons (Fsp3) is 0.241. The molecule has 1 amide bonds. The van der Waals surface area contributed by atoms with Crippen LogP contribution in [0.15, 0.2) is 78.9 Å². The summed E-state index contributed by atoms with van der Waals surface area (Å²) in [5.74, 6) is 2.22. The van der Waals surface area contributed by atoms with Crippen LogP contribution in [0, 0.1) is 0 Å². The second-order valence-corrected chi connectivity index (χ2v) is 9.36. The molecule has 1 aliphatic rings. The summed E-state index contributed by atoms with van der Waals surface area (Å²) in [5, 5.41) is 10.1. The highest BCUT2D eigenvalue weighted by atomic mass is 16.5. The number of fused-ring (bicyclic) bond motifs is 3. The number of piperazine rings is 1. The van der Waals surface area contributed by atoms with Crippen LogP contribution in [-0.2, 0) is 6.42 Å². The zero-order valence-electron chi connectivity index (χ0n) is 20.9. The van der Waals surface area contributed by atoms with Gasteiger partial charge in [-0.25, -0.2) is 9.38 Å². The molecule has 0 aliphatic carbocycles. The van der Waals surface area contributed by atoms with E-state index < -0.39 is 0 Å². The predicted molar refractivity (Wildman–Crippen MR) is 143 cm³/mol. The van der Waals surface area contributed by atoms with Crippen molar-refractivity contribution in [1.82, 2.24) is 24.5 Å². The lowest BCUT2D eigenvalue weighted by atomic mass is 10.1. The summed E-state index contributed by atoms with van der Waals surface area (Å²) in [7, 11) is 1.59. The summed E-state index contributed by atoms with van der Waals surface area (Å²) >= 11 is 0. The van der Waals surface area contributed by atoms with Crippen LogP contribution >= 0.6 is 0 Å². The van der Waals surface area contributed by atoms with Crippen LogP contribution in [-0.4, -0.2) is 63.2 Å². The maximum absolute atomic E-state index is 13.4. The molecule has 2 aromatic heterocycles. The van der Waals surface area contributed by atoms with Gasteiger partial charge in [0.15, 0.2) is 5.65 Å². The Bertz CT molecular complexity index is 1580. The van der Waals surface area contributed by atoms with E-state index in [0.29, 0.717) is 37.4 Å². The van der Waals surface area contributed by atoms with Gasteiger partial charge in [0.05, 0.1) is 18.2 Å². The van der Waals surface area contributed by atoms with Crippen LogP contribution in [0.4, 0.5) is 5.95 Å². The molecule has 1 saturated heterocycles. The van der Waals surface area contributed by atoms with E-state index >= 15 is 0 Å². The van der Waals surface area contributed by atoms with E-state index in [1.54, 1.807) is 7.11 Å². The Kier molecular flexibility index (Phi) is 5.92. The summed E-state index contributed by atoms with van der Waals surface area (Å²) in [6, 6.07) is 25.7. The number of rotatable bonds is 5. The van der Waals surface area contributed by atoms with Gasteiger partial charge in [0.2, 0.25) is 5.95 Å². The highest BCUT2D eigenvalue weighted by Gasteiger charge is 2.31. The average Bonchev–Trinajstić information content (AvgIpc) is 3.36. The predicted octanol–water partition coefficient (Wildman–Crippen LogP) is 4.23. The Morgan fingerprint density at radius 1 is 0.946 bits per heavy atom. The number of carbonyl (C=O) groups is 1. The first-order valence-corrected chi connectivity index (χ1v) is 12.5. The van der Waals surface area contributed by atoms with E-state index in [1.165, 1.54) is 0 Å². The average molecular weight is 493 g/mol. The van der Waals surface area contributed by atoms with Crippen molar-refractivity contribution in [3.05, 3.63) is 95.8 Å². The molecule has 1 aliphatic heterocycles. The molecule has 0 N–H and O–H groups in total. The first-order valence-electron chi connectivity index (χ1n) is 12.5. The zero-order valence-corrected chi connectivity index (χ0v) is 20.9. The van der Waals surface area contributed by atoms with Gasteiger partial charge in [0, 0.05) is 37.5 Å². The van der Waals surface area contributed by atoms with Gasteiger partial charge >= 0.3 is 0 Å². The Morgan fingerprint density at radius 3 is 2.51 bits per heavy atom. The topological polar surface area (TPSA) is 75.9 Å². The molecule has 8 heteroatoms. The number of para-hydroxylation sites is 2. The van der Waals surface area contributed by atoms with Gasteiger partial charge in [-0.05, 0) is 36.8 Å². The molecule has 0 saturated carbocycles. The molecule has 37 heavy (non-hydrogen) atoms. The summed E-state index contributed by atoms with van der Waals surface area (Å²) < 4.78 is 7.52. The third kappa shape index (κ3) is 4.14. The molecule has 3 heterocycles. The third-order valence-electron chi connectivity index (χ3n) is 7.01. The number of benzene rings is 3. The fourth-order valence-corrected chi connectivity index (χ4v) is 5.14. The van der Waals surface area contributed by atoms with Crippen molar-refractivity contribution in [2.45, 2.75) is 19.4 Å². The lowest BCUT2D eigenvalue weighted by Crippen LogP contribution is -2.54. The molecule has 8 nitrogen and oxygen atoms in total. The number of hydrogen-bond donors (Lipinski definition) is 0. The quantitative estimate of drug-likeness (QED) is 0.366. The minimum Gasteiger partial charge on any atom is -0.496 e. The second kappa shape index (κ2) is 9.54. The number of hydrogen-bond acceptors (Lipinski definition) is 6. The Hall–Kier alpha value is -4.46. The molecule has 186 valence electrons. The summed E-state index contributed by atoms with van der Waals surface area (Å²) in [6.45, 7) is 3.94. The highest BCUT2D eigenvalue weighted by molar-refractivity contribution is 5.97. The first-order chi connectivity index (χ1) is 18.1. The molecule has 0 unspecified atom stereocenters. The molecule has 0 radical (unpaired) electrons. The Labute approximate surface area is 215 Å². The van der Waals surface area contributed by atoms with Gasteiger partial charge in [-0.2, -0.15) is 0 Å². The largest absolute Gasteiger partial charge is 0.496 e. The van der Waals surface area contributed by atoms with Crippen molar-refractivity contribution in [3.8, 4) is 5.75 Å². The van der Waals surface area contributed by atoms with Gasteiger partial charge < -0.3 is 14.5 Å². The van der Waals surface area contributed by atoms with Crippen LogP contribution in [0.25, 0.3) is 16.6 Å². The SMILES string of the molecule is COc1ccccc1C(=O)N1CCN(c2nc3ccccc3c3nnc(Cc4ccccc4)n23)C[C@H]1C. The summed E-state index contributed by atoms with van der Waals surface area (Å²) in [4.78, 5) is 22.7. The number of carbonyl (C=O) groups excluding carboxylic acids is 1. The van der Waals surface area contributed by atoms with Crippen molar-refractivity contribution >= 4 is 28.4 Å². The molecule has 1 atom stereocenters. The first kappa shape index (κ1) is 23.0. The summed E-state index contributed by atoms with van der Waals surface area (Å²) in [6.07, 6.45) is 0.650. The van der Waals surface area contributed by atoms with E-state index in [-0.39, 0.29) is 11.9 Å². The Morgan fingerprint density at radius 2 is 1.70 bits per heavy atom. The van der Waals surface area contributed by atoms with E-state index in [4.69, 9.17) is 9.72 Å². The lowest BCUT2D eigenvalue weighted by Gasteiger charge is -2.40. The number of aromatic nitrogens is 4. The number of ether oxygens (including phenoxy) is 1. The highest BCUT2D eigenvalue weighted by Crippen LogP contribution is 2.28. The molecule has 1 fully saturated rings. The Balaban J connectivity index is 1.36. The molecule has 0 bridgehead atoms. The normalized spacial score (nSPS) is 15.9. The maximum atomic E-state index is 13.4. The van der Waals surface area contributed by atoms with E-state index in [2.05, 4.69) is 38.6 Å². The smallest absolute Gasteiger partial charge is 0.257 e. The molecule has 0 spiro atoms. The van der Waals surface area contributed by atoms with Gasteiger partial charge in [-0.3, -0.25) is 4.79 Å². The number of amides is 1. The second-order valence-electron chi connectivity index (χ2n) is 9.36. The molecule has 5 aromatic rings. The molecule has 3 aromatic carbocycles. The van der Waals surface area contributed by atoms with Crippen molar-refractivity contribution in [1.29, 1.82) is 0 Å². The summed E-state index contributed by atoms with van der Waals surface area (Å²) in [5.41, 5.74) is 3.42. The van der Waals surface area contributed by atoms with Crippen LogP contribution in [0.5, 0.6) is 5.75 Å². The van der Waals surface area contributed by atoms with E-state index in [1.807, 2.05) is 71.6 Å². The maximum Gasteiger partial charge on any atom is 0.257 e. The fourth-order valence-electron chi connectivity index (χ4n) is 5.14. The standard InChI is InChI=1S/C29H28N6O2/c1-20-19-33(16-17-34(20)28(36)23-13-7-9-15-25(23)37-2)29-30-24-14-8-6-12-22(24)27-32-31-26(35(27)29)18-21-10-4-3-5-11-21/h3-15,20H,16-19H2,1-2H3/t20-/m1/s1. The van der Waals surface area contributed by atoms with Gasteiger partial charge in [-0.1, -0.05) is 54.6 Å². The van der Waals surface area contributed by atoms with Gasteiger partial charge in [0.1, 0.15) is 11.6 Å². The van der Waals surface area contributed by atoms with Crippen molar-refractivity contribution < 1.29 is 9.53 Å². The number of nitrogens with zero attached hydrogens (tertiary/aromatic N) is 6.